The van der Waals surface area contributed by atoms with Crippen LogP contribution in [0.1, 0.15) is 34.3 Å². The molecule has 0 spiro atoms. The highest BCUT2D eigenvalue weighted by Gasteiger charge is 2.23. The molecule has 164 valence electrons. The van der Waals surface area contributed by atoms with Crippen LogP contribution in [0.2, 0.25) is 0 Å². The van der Waals surface area contributed by atoms with Gasteiger partial charge in [-0.25, -0.2) is 4.39 Å². The average molecular weight is 427 g/mol. The third kappa shape index (κ3) is 5.61. The van der Waals surface area contributed by atoms with Crippen LogP contribution in [0.5, 0.6) is 11.5 Å². The highest BCUT2D eigenvalue weighted by Crippen LogP contribution is 2.31. The number of carbonyl (C=O) groups excluding carboxylic acids is 1. The van der Waals surface area contributed by atoms with E-state index in [9.17, 15) is 14.3 Å². The van der Waals surface area contributed by atoms with Crippen molar-refractivity contribution < 1.29 is 23.8 Å². The molecule has 1 saturated carbocycles. The molecule has 8 heteroatoms. The van der Waals surface area contributed by atoms with Crippen molar-refractivity contribution >= 4 is 17.2 Å². The summed E-state index contributed by atoms with van der Waals surface area (Å²) in [6.07, 6.45) is 3.44. The van der Waals surface area contributed by atoms with Gasteiger partial charge in [-0.1, -0.05) is 12.1 Å². The summed E-state index contributed by atoms with van der Waals surface area (Å²) >= 11 is 0. The first kappa shape index (κ1) is 22.3. The SMILES string of the molecule is COc1ccc(CNC(=O)c2cc(/C(=C/N)C(=N)CO)ccc2OCC2CC2)cc1F. The summed E-state index contributed by atoms with van der Waals surface area (Å²) in [4.78, 5) is 12.9. The molecule has 2 aromatic carbocycles. The van der Waals surface area contributed by atoms with E-state index in [1.165, 1.54) is 25.4 Å². The molecular weight excluding hydrogens is 401 g/mol. The fraction of sp³-hybridized carbons (Fsp3) is 0.304. The lowest BCUT2D eigenvalue weighted by Crippen LogP contribution is -2.24. The Morgan fingerprint density at radius 2 is 2.03 bits per heavy atom. The van der Waals surface area contributed by atoms with Gasteiger partial charge in [-0.3, -0.25) is 4.79 Å². The largest absolute Gasteiger partial charge is 0.494 e. The normalized spacial score (nSPS) is 13.6. The Morgan fingerprint density at radius 1 is 1.29 bits per heavy atom. The predicted octanol–water partition coefficient (Wildman–Crippen LogP) is 2.86. The van der Waals surface area contributed by atoms with Crippen molar-refractivity contribution in [1.29, 1.82) is 5.41 Å². The maximum atomic E-state index is 13.9. The van der Waals surface area contributed by atoms with Crippen molar-refractivity contribution in [3.05, 3.63) is 65.1 Å². The first-order chi connectivity index (χ1) is 15.0. The first-order valence-corrected chi connectivity index (χ1v) is 9.95. The second kappa shape index (κ2) is 10.1. The lowest BCUT2D eigenvalue weighted by Gasteiger charge is -2.15. The zero-order chi connectivity index (χ0) is 22.4. The molecule has 2 aromatic rings. The number of nitrogens with two attached hydrogens (primary N) is 1. The summed E-state index contributed by atoms with van der Waals surface area (Å²) in [7, 11) is 1.39. The maximum absolute atomic E-state index is 13.9. The zero-order valence-electron chi connectivity index (χ0n) is 17.3. The summed E-state index contributed by atoms with van der Waals surface area (Å²) in [6.45, 7) is 0.154. The lowest BCUT2D eigenvalue weighted by molar-refractivity contribution is 0.0946. The highest BCUT2D eigenvalue weighted by molar-refractivity contribution is 6.23. The molecule has 0 bridgehead atoms. The number of rotatable bonds is 10. The molecule has 7 nitrogen and oxygen atoms in total. The second-order valence-corrected chi connectivity index (χ2v) is 7.33. The minimum atomic E-state index is -0.509. The van der Waals surface area contributed by atoms with Crippen LogP contribution in [0.3, 0.4) is 0 Å². The number of nitrogens with one attached hydrogen (secondary N) is 2. The minimum Gasteiger partial charge on any atom is -0.494 e. The number of ether oxygens (including phenoxy) is 2. The van der Waals surface area contributed by atoms with Gasteiger partial charge in [0.25, 0.3) is 5.91 Å². The first-order valence-electron chi connectivity index (χ1n) is 9.95. The van der Waals surface area contributed by atoms with E-state index in [0.29, 0.717) is 35.0 Å². The summed E-state index contributed by atoms with van der Waals surface area (Å²) in [6, 6.07) is 9.41. The van der Waals surface area contributed by atoms with Crippen molar-refractivity contribution in [2.45, 2.75) is 19.4 Å². The third-order valence-corrected chi connectivity index (χ3v) is 5.03. The Hall–Kier alpha value is -3.39. The van der Waals surface area contributed by atoms with E-state index >= 15 is 0 Å². The molecule has 0 aliphatic heterocycles. The molecule has 0 atom stereocenters. The minimum absolute atomic E-state index is 0.0609. The van der Waals surface area contributed by atoms with Gasteiger partial charge >= 0.3 is 0 Å². The number of hydrogen-bond donors (Lipinski definition) is 4. The van der Waals surface area contributed by atoms with Gasteiger partial charge in [-0.2, -0.15) is 0 Å². The Bertz CT molecular complexity index is 1000. The van der Waals surface area contributed by atoms with Crippen LogP contribution in [-0.4, -0.2) is 37.0 Å². The number of carbonyl (C=O) groups is 1. The maximum Gasteiger partial charge on any atom is 0.255 e. The predicted molar refractivity (Wildman–Crippen MR) is 116 cm³/mol. The van der Waals surface area contributed by atoms with Gasteiger partial charge < -0.3 is 31.0 Å². The molecule has 1 fully saturated rings. The van der Waals surface area contributed by atoms with Crippen molar-refractivity contribution in [2.24, 2.45) is 11.7 Å². The molecular formula is C23H26FN3O4. The molecule has 1 amide bonds. The number of methoxy groups -OCH3 is 1. The quantitative estimate of drug-likeness (QED) is 0.435. The van der Waals surface area contributed by atoms with Crippen LogP contribution in [-0.2, 0) is 6.54 Å². The molecule has 1 aliphatic rings. The van der Waals surface area contributed by atoms with E-state index in [-0.39, 0.29) is 23.6 Å². The number of benzene rings is 2. The zero-order valence-corrected chi connectivity index (χ0v) is 17.3. The molecule has 3 rings (SSSR count). The topological polar surface area (TPSA) is 118 Å². The molecule has 1 aliphatic carbocycles. The van der Waals surface area contributed by atoms with Gasteiger partial charge in [-0.05, 0) is 54.2 Å². The van der Waals surface area contributed by atoms with Crippen LogP contribution in [0.25, 0.3) is 5.57 Å². The number of hydrogen-bond acceptors (Lipinski definition) is 6. The fourth-order valence-electron chi connectivity index (χ4n) is 3.05. The number of aliphatic hydroxyl groups is 1. The molecule has 0 unspecified atom stereocenters. The van der Waals surface area contributed by atoms with E-state index in [4.69, 9.17) is 20.6 Å². The van der Waals surface area contributed by atoms with E-state index in [1.54, 1.807) is 24.3 Å². The standard InChI is InChI=1S/C23H26FN3O4/c1-30-22-6-4-15(8-19(22)24)11-27-23(29)17-9-16(18(10-25)20(26)12-28)5-7-21(17)31-13-14-2-3-14/h4-10,14,26,28H,2-3,11-13,25H2,1H3,(H,27,29)/b18-10-,26-20?. The van der Waals surface area contributed by atoms with Crippen LogP contribution >= 0.6 is 0 Å². The van der Waals surface area contributed by atoms with Gasteiger partial charge in [0.15, 0.2) is 11.6 Å². The van der Waals surface area contributed by atoms with Crippen LogP contribution < -0.4 is 20.5 Å². The van der Waals surface area contributed by atoms with Crippen molar-refractivity contribution in [3.8, 4) is 11.5 Å². The molecule has 0 aromatic heterocycles. The van der Waals surface area contributed by atoms with Gasteiger partial charge in [-0.15, -0.1) is 0 Å². The lowest BCUT2D eigenvalue weighted by atomic mass is 9.99. The summed E-state index contributed by atoms with van der Waals surface area (Å²) in [5.74, 6) is 0.132. The number of amides is 1. The monoisotopic (exact) mass is 427 g/mol. The highest BCUT2D eigenvalue weighted by atomic mass is 19.1. The van der Waals surface area contributed by atoms with Gasteiger partial charge in [0.1, 0.15) is 5.75 Å². The van der Waals surface area contributed by atoms with Crippen LogP contribution in [0.15, 0.2) is 42.6 Å². The smallest absolute Gasteiger partial charge is 0.255 e. The summed E-state index contributed by atoms with van der Waals surface area (Å²) in [5.41, 5.74) is 7.26. The molecule has 0 radical (unpaired) electrons. The Morgan fingerprint density at radius 3 is 2.65 bits per heavy atom. The Labute approximate surface area is 180 Å². The van der Waals surface area contributed by atoms with Crippen molar-refractivity contribution in [2.75, 3.05) is 20.3 Å². The Kier molecular flexibility index (Phi) is 7.25. The fourth-order valence-corrected chi connectivity index (χ4v) is 3.05. The average Bonchev–Trinajstić information content (AvgIpc) is 3.61. The van der Waals surface area contributed by atoms with E-state index < -0.39 is 18.3 Å². The second-order valence-electron chi connectivity index (χ2n) is 7.33. The number of aliphatic hydroxyl groups excluding tert-OH is 1. The Balaban J connectivity index is 1.82. The van der Waals surface area contributed by atoms with Crippen LogP contribution in [0, 0.1) is 17.1 Å². The van der Waals surface area contributed by atoms with Crippen molar-refractivity contribution in [1.82, 2.24) is 5.32 Å². The molecule has 5 N–H and O–H groups in total. The van der Waals surface area contributed by atoms with Crippen molar-refractivity contribution in [3.63, 3.8) is 0 Å². The van der Waals surface area contributed by atoms with Crippen LogP contribution in [0.4, 0.5) is 4.39 Å². The number of halogens is 1. The van der Waals surface area contributed by atoms with Gasteiger partial charge in [0.05, 0.1) is 31.6 Å². The third-order valence-electron chi connectivity index (χ3n) is 5.03. The summed E-state index contributed by atoms with van der Waals surface area (Å²) < 4.78 is 24.7. The molecule has 31 heavy (non-hydrogen) atoms. The van der Waals surface area contributed by atoms with Gasteiger partial charge in [0.2, 0.25) is 0 Å². The van der Waals surface area contributed by atoms with E-state index in [0.717, 1.165) is 12.8 Å². The summed E-state index contributed by atoms with van der Waals surface area (Å²) in [5, 5.41) is 19.9. The van der Waals surface area contributed by atoms with Gasteiger partial charge in [0, 0.05) is 18.3 Å². The van der Waals surface area contributed by atoms with E-state index in [1.807, 2.05) is 0 Å². The molecule has 0 heterocycles. The van der Waals surface area contributed by atoms with E-state index in [2.05, 4.69) is 5.32 Å². The molecule has 0 saturated heterocycles.